The lowest BCUT2D eigenvalue weighted by Gasteiger charge is -2.19. The number of carbonyl (C=O) groups is 1. The zero-order chi connectivity index (χ0) is 16.2. The number of fused-ring (bicyclic) bond motifs is 1. The van der Waals surface area contributed by atoms with Gasteiger partial charge in [-0.05, 0) is 67.7 Å². The fourth-order valence-corrected chi connectivity index (χ4v) is 2.43. The molecule has 0 spiro atoms. The van der Waals surface area contributed by atoms with Gasteiger partial charge in [0.05, 0.1) is 0 Å². The number of amides is 1. The van der Waals surface area contributed by atoms with Crippen molar-refractivity contribution in [3.8, 4) is 0 Å². The summed E-state index contributed by atoms with van der Waals surface area (Å²) >= 11 is 3.40. The summed E-state index contributed by atoms with van der Waals surface area (Å²) in [6.07, 6.45) is 3.55. The van der Waals surface area contributed by atoms with Gasteiger partial charge in [0, 0.05) is 24.7 Å². The monoisotopic (exact) mass is 367 g/mol. The maximum atomic E-state index is 11.5. The van der Waals surface area contributed by atoms with Crippen LogP contribution in [0.1, 0.15) is 33.6 Å². The van der Waals surface area contributed by atoms with Crippen molar-refractivity contribution in [1.82, 2.24) is 14.9 Å². The van der Waals surface area contributed by atoms with E-state index < -0.39 is 5.60 Å². The largest absolute Gasteiger partial charge is 0.444 e. The second-order valence-electron chi connectivity index (χ2n) is 6.19. The number of aryl methyl sites for hydroxylation is 1. The van der Waals surface area contributed by atoms with Gasteiger partial charge >= 0.3 is 6.09 Å². The van der Waals surface area contributed by atoms with Gasteiger partial charge in [0.2, 0.25) is 0 Å². The summed E-state index contributed by atoms with van der Waals surface area (Å²) in [5.41, 5.74) is 0.530. The van der Waals surface area contributed by atoms with Crippen molar-refractivity contribution in [3.05, 3.63) is 29.0 Å². The van der Waals surface area contributed by atoms with E-state index in [1.54, 1.807) is 0 Å². The van der Waals surface area contributed by atoms with E-state index in [1.165, 1.54) is 0 Å². The molecule has 2 heterocycles. The number of halogens is 1. The second kappa shape index (κ2) is 7.13. The SMILES string of the molecule is CC(C)(C)OC(=O)NCCCCn1ccc2ccc(Br)nc21. The van der Waals surface area contributed by atoms with E-state index in [0.717, 1.165) is 35.0 Å². The van der Waals surface area contributed by atoms with E-state index in [0.29, 0.717) is 6.54 Å². The minimum absolute atomic E-state index is 0.357. The molecule has 0 atom stereocenters. The summed E-state index contributed by atoms with van der Waals surface area (Å²) in [4.78, 5) is 16.0. The number of rotatable bonds is 5. The number of ether oxygens (including phenoxy) is 1. The molecular formula is C16H22BrN3O2. The Morgan fingerprint density at radius 1 is 1.32 bits per heavy atom. The average Bonchev–Trinajstić information content (AvgIpc) is 2.79. The zero-order valence-corrected chi connectivity index (χ0v) is 14.8. The van der Waals surface area contributed by atoms with Gasteiger partial charge in [-0.3, -0.25) is 0 Å². The highest BCUT2D eigenvalue weighted by atomic mass is 79.9. The van der Waals surface area contributed by atoms with Crippen molar-refractivity contribution < 1.29 is 9.53 Å². The molecule has 22 heavy (non-hydrogen) atoms. The van der Waals surface area contributed by atoms with Crippen LogP contribution in [0, 0.1) is 0 Å². The van der Waals surface area contributed by atoms with Crippen molar-refractivity contribution >= 4 is 33.1 Å². The fraction of sp³-hybridized carbons (Fsp3) is 0.500. The Morgan fingerprint density at radius 2 is 2.09 bits per heavy atom. The number of hydrogen-bond acceptors (Lipinski definition) is 3. The van der Waals surface area contributed by atoms with Crippen molar-refractivity contribution in [2.45, 2.75) is 45.8 Å². The first-order valence-corrected chi connectivity index (χ1v) is 8.23. The summed E-state index contributed by atoms with van der Waals surface area (Å²) in [5, 5.41) is 3.91. The molecule has 2 aromatic heterocycles. The van der Waals surface area contributed by atoms with Crippen LogP contribution in [0.4, 0.5) is 4.79 Å². The molecule has 0 aliphatic rings. The molecule has 0 bridgehead atoms. The number of alkyl carbamates (subject to hydrolysis) is 1. The van der Waals surface area contributed by atoms with Crippen molar-refractivity contribution in [2.24, 2.45) is 0 Å². The smallest absolute Gasteiger partial charge is 0.407 e. The topological polar surface area (TPSA) is 56.1 Å². The minimum atomic E-state index is -0.451. The molecule has 0 aromatic carbocycles. The lowest BCUT2D eigenvalue weighted by molar-refractivity contribution is 0.0527. The molecule has 120 valence electrons. The van der Waals surface area contributed by atoms with Crippen LogP contribution in [-0.4, -0.2) is 27.8 Å². The Hall–Kier alpha value is -1.56. The maximum absolute atomic E-state index is 11.5. The van der Waals surface area contributed by atoms with Crippen LogP contribution >= 0.6 is 15.9 Å². The minimum Gasteiger partial charge on any atom is -0.444 e. The number of carbonyl (C=O) groups excluding carboxylic acids is 1. The summed E-state index contributed by atoms with van der Waals surface area (Å²) in [5.74, 6) is 0. The number of nitrogens with one attached hydrogen (secondary N) is 1. The molecule has 0 aliphatic heterocycles. The van der Waals surface area contributed by atoms with E-state index in [9.17, 15) is 4.79 Å². The highest BCUT2D eigenvalue weighted by Gasteiger charge is 2.15. The fourth-order valence-electron chi connectivity index (χ4n) is 2.13. The van der Waals surface area contributed by atoms with Gasteiger partial charge in [-0.1, -0.05) is 0 Å². The van der Waals surface area contributed by atoms with E-state index in [4.69, 9.17) is 4.74 Å². The molecule has 0 fully saturated rings. The highest BCUT2D eigenvalue weighted by molar-refractivity contribution is 9.10. The molecule has 0 aliphatic carbocycles. The highest BCUT2D eigenvalue weighted by Crippen LogP contribution is 2.17. The average molecular weight is 368 g/mol. The summed E-state index contributed by atoms with van der Waals surface area (Å²) < 4.78 is 8.16. The Kier molecular flexibility index (Phi) is 5.45. The molecule has 2 rings (SSSR count). The van der Waals surface area contributed by atoms with E-state index in [1.807, 2.05) is 39.1 Å². The third-order valence-corrected chi connectivity index (χ3v) is 3.51. The first-order valence-electron chi connectivity index (χ1n) is 7.43. The van der Waals surface area contributed by atoms with Gasteiger partial charge in [-0.15, -0.1) is 0 Å². The Labute approximate surface area is 139 Å². The van der Waals surface area contributed by atoms with Gasteiger partial charge in [0.1, 0.15) is 15.9 Å². The van der Waals surface area contributed by atoms with Gasteiger partial charge in [-0.2, -0.15) is 0 Å². The van der Waals surface area contributed by atoms with E-state index >= 15 is 0 Å². The molecule has 6 heteroatoms. The van der Waals surface area contributed by atoms with Gasteiger partial charge < -0.3 is 14.6 Å². The van der Waals surface area contributed by atoms with Crippen LogP contribution < -0.4 is 5.32 Å². The number of hydrogen-bond donors (Lipinski definition) is 1. The Bertz CT molecular complexity index is 646. The Morgan fingerprint density at radius 3 is 2.82 bits per heavy atom. The van der Waals surface area contributed by atoms with Crippen LogP contribution in [-0.2, 0) is 11.3 Å². The van der Waals surface area contributed by atoms with E-state index in [2.05, 4.69) is 36.9 Å². The van der Waals surface area contributed by atoms with Crippen molar-refractivity contribution in [1.29, 1.82) is 0 Å². The molecule has 0 saturated carbocycles. The van der Waals surface area contributed by atoms with Crippen LogP contribution in [0.15, 0.2) is 29.0 Å². The van der Waals surface area contributed by atoms with Crippen LogP contribution in [0.5, 0.6) is 0 Å². The normalized spacial score (nSPS) is 11.6. The predicted molar refractivity (Wildman–Crippen MR) is 90.9 cm³/mol. The number of unbranched alkanes of at least 4 members (excludes halogenated alkanes) is 1. The summed E-state index contributed by atoms with van der Waals surface area (Å²) in [6.45, 7) is 7.06. The molecule has 5 nitrogen and oxygen atoms in total. The molecule has 1 amide bonds. The number of nitrogens with zero attached hydrogens (tertiary/aromatic N) is 2. The zero-order valence-electron chi connectivity index (χ0n) is 13.2. The molecule has 1 N–H and O–H groups in total. The predicted octanol–water partition coefficient (Wildman–Crippen LogP) is 4.10. The summed E-state index contributed by atoms with van der Waals surface area (Å²) in [6, 6.07) is 6.05. The van der Waals surface area contributed by atoms with Crippen LogP contribution in [0.3, 0.4) is 0 Å². The van der Waals surface area contributed by atoms with Gasteiger partial charge in [-0.25, -0.2) is 9.78 Å². The van der Waals surface area contributed by atoms with Crippen molar-refractivity contribution in [3.63, 3.8) is 0 Å². The molecule has 0 saturated heterocycles. The first-order chi connectivity index (χ1) is 10.3. The van der Waals surface area contributed by atoms with Crippen molar-refractivity contribution in [2.75, 3.05) is 6.54 Å². The molecule has 0 unspecified atom stereocenters. The second-order valence-corrected chi connectivity index (χ2v) is 7.00. The van der Waals surface area contributed by atoms with Gasteiger partial charge in [0.15, 0.2) is 0 Å². The van der Waals surface area contributed by atoms with Crippen LogP contribution in [0.2, 0.25) is 0 Å². The number of aromatic nitrogens is 2. The first kappa shape index (κ1) is 16.8. The Balaban J connectivity index is 1.74. The molecule has 2 aromatic rings. The third kappa shape index (κ3) is 5.02. The van der Waals surface area contributed by atoms with Gasteiger partial charge in [0.25, 0.3) is 0 Å². The molecule has 0 radical (unpaired) electrons. The maximum Gasteiger partial charge on any atom is 0.407 e. The summed E-state index contributed by atoms with van der Waals surface area (Å²) in [7, 11) is 0. The lowest BCUT2D eigenvalue weighted by atomic mass is 10.2. The van der Waals surface area contributed by atoms with E-state index in [-0.39, 0.29) is 6.09 Å². The lowest BCUT2D eigenvalue weighted by Crippen LogP contribution is -2.33. The van der Waals surface area contributed by atoms with Crippen LogP contribution in [0.25, 0.3) is 11.0 Å². The number of pyridine rings is 1. The molecular weight excluding hydrogens is 346 g/mol. The quantitative estimate of drug-likeness (QED) is 0.639. The standard InChI is InChI=1S/C16H22BrN3O2/c1-16(2,3)22-15(21)18-9-4-5-10-20-11-8-12-6-7-13(17)19-14(12)20/h6-8,11H,4-5,9-10H2,1-3H3,(H,18,21). The third-order valence-electron chi connectivity index (χ3n) is 3.07.